The number of carbonyl (C=O) groups excluding carboxylic acids is 3. The van der Waals surface area contributed by atoms with E-state index in [0.717, 1.165) is 26.1 Å². The van der Waals surface area contributed by atoms with Crippen LogP contribution in [-0.4, -0.2) is 124 Å². The molecule has 2 fully saturated rings. The van der Waals surface area contributed by atoms with Crippen molar-refractivity contribution >= 4 is 18.0 Å². The van der Waals surface area contributed by atoms with Crippen molar-refractivity contribution in [2.24, 2.45) is 11.8 Å². The zero-order chi connectivity index (χ0) is 37.2. The number of esters is 2. The van der Waals surface area contributed by atoms with Crippen molar-refractivity contribution in [3.05, 3.63) is 36.0 Å². The second-order valence-corrected chi connectivity index (χ2v) is 14.9. The van der Waals surface area contributed by atoms with Gasteiger partial charge in [-0.1, -0.05) is 52.0 Å². The first kappa shape index (κ1) is 41.6. The summed E-state index contributed by atoms with van der Waals surface area (Å²) in [6.45, 7) is 17.8. The maximum atomic E-state index is 13.4. The van der Waals surface area contributed by atoms with Crippen LogP contribution in [0.2, 0.25) is 0 Å². The Balaban J connectivity index is 1.81. The maximum Gasteiger partial charge on any atom is 0.410 e. The molecule has 1 amide bonds. The summed E-state index contributed by atoms with van der Waals surface area (Å²) in [5, 5.41) is 32.0. The average Bonchev–Trinajstić information content (AvgIpc) is 3.81. The van der Waals surface area contributed by atoms with E-state index >= 15 is 0 Å². The lowest BCUT2D eigenvalue weighted by atomic mass is 9.88. The van der Waals surface area contributed by atoms with E-state index in [-0.39, 0.29) is 37.4 Å². The number of epoxide rings is 1. The summed E-state index contributed by atoms with van der Waals surface area (Å²) in [7, 11) is 0. The molecule has 10 atom stereocenters. The third kappa shape index (κ3) is 12.5. The lowest BCUT2D eigenvalue weighted by molar-refractivity contribution is -0.168. The maximum absolute atomic E-state index is 13.4. The van der Waals surface area contributed by atoms with Gasteiger partial charge in [0.1, 0.15) is 11.7 Å². The highest BCUT2D eigenvalue weighted by atomic mass is 16.6. The van der Waals surface area contributed by atoms with Crippen LogP contribution in [0.15, 0.2) is 36.0 Å². The van der Waals surface area contributed by atoms with Crippen LogP contribution in [0.4, 0.5) is 4.79 Å². The Morgan fingerprint density at radius 2 is 1.86 bits per heavy atom. The minimum absolute atomic E-state index is 0.0213. The highest BCUT2D eigenvalue weighted by Gasteiger charge is 2.47. The number of amides is 1. The summed E-state index contributed by atoms with van der Waals surface area (Å²) in [5.74, 6) is -1.56. The average molecular weight is 707 g/mol. The number of ether oxygens (including phenoxy) is 4. The predicted molar refractivity (Wildman–Crippen MR) is 189 cm³/mol. The molecule has 0 saturated carbocycles. The fourth-order valence-corrected chi connectivity index (χ4v) is 6.88. The molecular formula is C38H62N2O10. The quantitative estimate of drug-likeness (QED) is 0.0873. The Labute approximate surface area is 298 Å². The molecule has 3 aliphatic rings. The molecule has 284 valence electrons. The van der Waals surface area contributed by atoms with Gasteiger partial charge < -0.3 is 39.2 Å². The van der Waals surface area contributed by atoms with Gasteiger partial charge in [0.15, 0.2) is 6.10 Å². The fraction of sp³-hybridized carbons (Fsp3) is 0.763. The number of hydrogen-bond donors (Lipinski definition) is 3. The molecule has 3 rings (SSSR count). The first-order chi connectivity index (χ1) is 23.5. The van der Waals surface area contributed by atoms with Gasteiger partial charge in [0, 0.05) is 51.4 Å². The minimum atomic E-state index is -1.31. The first-order valence-corrected chi connectivity index (χ1v) is 18.3. The van der Waals surface area contributed by atoms with Crippen LogP contribution in [0.5, 0.6) is 0 Å². The topological polar surface area (TPSA) is 159 Å². The van der Waals surface area contributed by atoms with Crippen LogP contribution in [0.1, 0.15) is 93.9 Å². The van der Waals surface area contributed by atoms with Crippen molar-refractivity contribution in [3.8, 4) is 0 Å². The van der Waals surface area contributed by atoms with Crippen LogP contribution < -0.4 is 0 Å². The van der Waals surface area contributed by atoms with Gasteiger partial charge in [0.05, 0.1) is 36.4 Å². The van der Waals surface area contributed by atoms with Gasteiger partial charge in [-0.15, -0.1) is 0 Å². The SMILES string of the molecule is CCCN1CCN(C(=O)O[C@H]2/C=C/[C@H](C)[C@@H](/C(C)=C/C=C/C(C)(O)C[C@H]3O[C@@H]3C(C)C(O)CC)OC(=O)C[C@H](O)CC[C@@]2(C)OC(C)=O)CC1. The van der Waals surface area contributed by atoms with Crippen LogP contribution in [0, 0.1) is 11.8 Å². The van der Waals surface area contributed by atoms with Crippen molar-refractivity contribution in [2.75, 3.05) is 32.7 Å². The Kier molecular flexibility index (Phi) is 15.5. The molecule has 12 nitrogen and oxygen atoms in total. The van der Waals surface area contributed by atoms with Crippen molar-refractivity contribution in [1.29, 1.82) is 0 Å². The van der Waals surface area contributed by atoms with E-state index in [1.807, 2.05) is 27.7 Å². The van der Waals surface area contributed by atoms with Crippen LogP contribution in [0.25, 0.3) is 0 Å². The normalized spacial score (nSPS) is 33.3. The van der Waals surface area contributed by atoms with Crippen molar-refractivity contribution in [2.45, 2.75) is 142 Å². The highest BCUT2D eigenvalue weighted by Crippen LogP contribution is 2.38. The number of hydrogen-bond acceptors (Lipinski definition) is 11. The van der Waals surface area contributed by atoms with E-state index in [1.54, 1.807) is 49.1 Å². The van der Waals surface area contributed by atoms with E-state index in [9.17, 15) is 29.7 Å². The van der Waals surface area contributed by atoms with Crippen LogP contribution in [0.3, 0.4) is 0 Å². The van der Waals surface area contributed by atoms with Crippen LogP contribution >= 0.6 is 0 Å². The fourth-order valence-electron chi connectivity index (χ4n) is 6.88. The van der Waals surface area contributed by atoms with E-state index in [1.165, 1.54) is 6.92 Å². The highest BCUT2D eigenvalue weighted by molar-refractivity contribution is 5.71. The Morgan fingerprint density at radius 1 is 1.18 bits per heavy atom. The van der Waals surface area contributed by atoms with Gasteiger partial charge in [-0.25, -0.2) is 4.79 Å². The predicted octanol–water partition coefficient (Wildman–Crippen LogP) is 4.31. The van der Waals surface area contributed by atoms with E-state index in [2.05, 4.69) is 11.8 Å². The smallest absolute Gasteiger partial charge is 0.410 e. The summed E-state index contributed by atoms with van der Waals surface area (Å²) >= 11 is 0. The van der Waals surface area contributed by atoms with Gasteiger partial charge in [0.2, 0.25) is 0 Å². The Morgan fingerprint density at radius 3 is 2.48 bits per heavy atom. The molecule has 50 heavy (non-hydrogen) atoms. The third-order valence-electron chi connectivity index (χ3n) is 10.1. The van der Waals surface area contributed by atoms with E-state index < -0.39 is 59.6 Å². The lowest BCUT2D eigenvalue weighted by Gasteiger charge is -2.39. The zero-order valence-corrected chi connectivity index (χ0v) is 31.4. The molecule has 3 N–H and O–H groups in total. The number of cyclic esters (lactones) is 1. The number of rotatable bonds is 12. The zero-order valence-electron chi connectivity index (χ0n) is 31.4. The summed E-state index contributed by atoms with van der Waals surface area (Å²) in [6.07, 6.45) is 6.65. The molecule has 0 spiro atoms. The van der Waals surface area contributed by atoms with E-state index in [0.29, 0.717) is 31.5 Å². The molecule has 0 aliphatic carbocycles. The summed E-state index contributed by atoms with van der Waals surface area (Å²) < 4.78 is 23.5. The summed E-state index contributed by atoms with van der Waals surface area (Å²) in [6, 6.07) is 0. The van der Waals surface area contributed by atoms with Gasteiger partial charge in [-0.05, 0) is 64.6 Å². The van der Waals surface area contributed by atoms with Gasteiger partial charge in [-0.3, -0.25) is 14.5 Å². The Bertz CT molecular complexity index is 1230. The third-order valence-corrected chi connectivity index (χ3v) is 10.1. The van der Waals surface area contributed by atoms with Crippen molar-refractivity contribution in [1.82, 2.24) is 9.80 Å². The number of nitrogens with zero attached hydrogens (tertiary/aromatic N) is 2. The first-order valence-electron chi connectivity index (χ1n) is 18.3. The minimum Gasteiger partial charge on any atom is -0.457 e. The van der Waals surface area contributed by atoms with E-state index in [4.69, 9.17) is 18.9 Å². The summed E-state index contributed by atoms with van der Waals surface area (Å²) in [4.78, 5) is 42.7. The van der Waals surface area contributed by atoms with Crippen LogP contribution in [-0.2, 0) is 28.5 Å². The molecular weight excluding hydrogens is 644 g/mol. The number of aliphatic hydroxyl groups is 3. The Hall–Kier alpha value is -2.77. The van der Waals surface area contributed by atoms with Gasteiger partial charge >= 0.3 is 18.0 Å². The summed E-state index contributed by atoms with van der Waals surface area (Å²) in [5.41, 5.74) is -1.79. The molecule has 2 saturated heterocycles. The number of piperazine rings is 1. The molecule has 0 aromatic rings. The molecule has 0 aromatic carbocycles. The molecule has 3 aliphatic heterocycles. The van der Waals surface area contributed by atoms with Gasteiger partial charge in [0.25, 0.3) is 0 Å². The second kappa shape index (κ2) is 18.6. The number of aliphatic hydroxyl groups excluding tert-OH is 2. The monoisotopic (exact) mass is 706 g/mol. The second-order valence-electron chi connectivity index (χ2n) is 14.9. The van der Waals surface area contributed by atoms with Crippen molar-refractivity contribution < 1.29 is 48.7 Å². The lowest BCUT2D eigenvalue weighted by Crippen LogP contribution is -2.52. The molecule has 3 unspecified atom stereocenters. The standard InChI is InChI=1S/C38H62N2O10/c1-9-18-39-19-21-40(22-20-39)36(45)48-32-14-13-26(4)34(49-33(44)23-29(42)15-17-38(32,8)50-28(6)41)25(3)12-11-16-37(7,46)24-31-35(47-31)27(5)30(43)10-2/h11-14,16,26-27,29-32,34-35,42-43,46H,9-10,15,17-24H2,1-8H3/b14-13+,16-11+,25-12+/t26-,27?,29+,30?,31+,32-,34+,35+,37?,38+/m0/s1. The van der Waals surface area contributed by atoms with Crippen molar-refractivity contribution in [3.63, 3.8) is 0 Å². The molecule has 0 bridgehead atoms. The molecule has 12 heteroatoms. The van der Waals surface area contributed by atoms with Gasteiger partial charge in [-0.2, -0.15) is 0 Å². The number of allylic oxidation sites excluding steroid dienone is 2. The molecule has 3 heterocycles. The molecule has 0 radical (unpaired) electrons. The number of carbonyl (C=O) groups is 3. The molecule has 0 aromatic heterocycles. The largest absolute Gasteiger partial charge is 0.457 e.